The molecule has 0 aliphatic carbocycles. The first-order chi connectivity index (χ1) is 8.11. The summed E-state index contributed by atoms with van der Waals surface area (Å²) in [6.07, 6.45) is 3.27. The van der Waals surface area contributed by atoms with E-state index in [1.807, 2.05) is 0 Å². The highest BCUT2D eigenvalue weighted by molar-refractivity contribution is 5.88. The molecule has 0 saturated carbocycles. The molecule has 0 aliphatic rings. The third kappa shape index (κ3) is 4.69. The first-order valence-corrected chi connectivity index (χ1v) is 5.40. The van der Waals surface area contributed by atoms with Gasteiger partial charge in [0.25, 0.3) is 0 Å². The molecular formula is C11H16N2O4. The zero-order valence-electron chi connectivity index (χ0n) is 9.44. The molecule has 6 heteroatoms. The highest BCUT2D eigenvalue weighted by Gasteiger charge is 2.12. The van der Waals surface area contributed by atoms with Crippen LogP contribution in [0.2, 0.25) is 0 Å². The molecule has 0 saturated heterocycles. The Bertz CT molecular complexity index is 387. The van der Waals surface area contributed by atoms with E-state index in [2.05, 4.69) is 5.32 Å². The van der Waals surface area contributed by atoms with Crippen molar-refractivity contribution in [2.75, 3.05) is 6.54 Å². The summed E-state index contributed by atoms with van der Waals surface area (Å²) in [7, 11) is 0. The number of hydrogen-bond donors (Lipinski definition) is 3. The second kappa shape index (κ2) is 6.70. The second-order valence-electron chi connectivity index (χ2n) is 3.66. The minimum absolute atomic E-state index is 0.176. The average Bonchev–Trinajstić information content (AvgIpc) is 2.71. The van der Waals surface area contributed by atoms with Crippen LogP contribution in [0, 0.1) is 0 Å². The van der Waals surface area contributed by atoms with Crippen molar-refractivity contribution in [1.82, 2.24) is 5.32 Å². The summed E-state index contributed by atoms with van der Waals surface area (Å²) in [4.78, 5) is 21.2. The standard InChI is InChI=1S/C11H16N2O4/c12-10(14)3-1-2-5-13-7-9-8(11(15)16)4-6-17-9/h4,6,13H,1-3,5,7H2,(H2,12,14)(H,15,16). The number of amides is 1. The van der Waals surface area contributed by atoms with Crippen molar-refractivity contribution in [3.63, 3.8) is 0 Å². The smallest absolute Gasteiger partial charge is 0.339 e. The largest absolute Gasteiger partial charge is 0.478 e. The molecule has 1 amide bonds. The van der Waals surface area contributed by atoms with Crippen LogP contribution in [0.15, 0.2) is 16.7 Å². The Kier molecular flexibility index (Phi) is 5.22. The number of carboxylic acids is 1. The number of unbranched alkanes of at least 4 members (excludes halogenated alkanes) is 1. The molecule has 0 atom stereocenters. The summed E-state index contributed by atoms with van der Waals surface area (Å²) >= 11 is 0. The highest BCUT2D eigenvalue weighted by atomic mass is 16.4. The van der Waals surface area contributed by atoms with E-state index >= 15 is 0 Å². The SMILES string of the molecule is NC(=O)CCCCNCc1occc1C(=O)O. The molecule has 1 rings (SSSR count). The van der Waals surface area contributed by atoms with Crippen molar-refractivity contribution in [2.24, 2.45) is 5.73 Å². The van der Waals surface area contributed by atoms with Gasteiger partial charge in [0, 0.05) is 6.42 Å². The van der Waals surface area contributed by atoms with Gasteiger partial charge in [0.2, 0.25) is 5.91 Å². The third-order valence-electron chi connectivity index (χ3n) is 2.29. The van der Waals surface area contributed by atoms with Crippen molar-refractivity contribution >= 4 is 11.9 Å². The number of primary amides is 1. The minimum atomic E-state index is -0.996. The number of hydrogen-bond acceptors (Lipinski definition) is 4. The van der Waals surface area contributed by atoms with E-state index in [0.717, 1.165) is 12.8 Å². The Labute approximate surface area is 98.8 Å². The van der Waals surface area contributed by atoms with Crippen LogP contribution in [0.4, 0.5) is 0 Å². The van der Waals surface area contributed by atoms with Crippen molar-refractivity contribution in [1.29, 1.82) is 0 Å². The Hall–Kier alpha value is -1.82. The molecule has 4 N–H and O–H groups in total. The summed E-state index contributed by atoms with van der Waals surface area (Å²) in [5.74, 6) is -0.888. The molecule has 0 fully saturated rings. The summed E-state index contributed by atoms with van der Waals surface area (Å²) in [6.45, 7) is 1.05. The van der Waals surface area contributed by atoms with Crippen LogP contribution in [-0.2, 0) is 11.3 Å². The van der Waals surface area contributed by atoms with E-state index in [9.17, 15) is 9.59 Å². The van der Waals surface area contributed by atoms with Crippen LogP contribution in [0.3, 0.4) is 0 Å². The lowest BCUT2D eigenvalue weighted by Gasteiger charge is -2.02. The maximum absolute atomic E-state index is 10.8. The first kappa shape index (κ1) is 13.2. The lowest BCUT2D eigenvalue weighted by molar-refractivity contribution is -0.118. The molecule has 1 heterocycles. The normalized spacial score (nSPS) is 10.4. The number of rotatable bonds is 8. The zero-order valence-corrected chi connectivity index (χ0v) is 9.44. The maximum Gasteiger partial charge on any atom is 0.339 e. The summed E-state index contributed by atoms with van der Waals surface area (Å²) < 4.78 is 5.05. The molecule has 0 unspecified atom stereocenters. The lowest BCUT2D eigenvalue weighted by atomic mass is 10.2. The fourth-order valence-corrected chi connectivity index (χ4v) is 1.42. The van der Waals surface area contributed by atoms with Gasteiger partial charge in [-0.2, -0.15) is 0 Å². The van der Waals surface area contributed by atoms with Gasteiger partial charge in [-0.25, -0.2) is 4.79 Å². The molecule has 6 nitrogen and oxygen atoms in total. The predicted octanol–water partition coefficient (Wildman–Crippen LogP) is 0.723. The Morgan fingerprint density at radius 3 is 2.82 bits per heavy atom. The van der Waals surface area contributed by atoms with Crippen molar-refractivity contribution < 1.29 is 19.1 Å². The van der Waals surface area contributed by atoms with Crippen LogP contribution in [0.5, 0.6) is 0 Å². The van der Waals surface area contributed by atoms with Gasteiger partial charge in [0.15, 0.2) is 0 Å². The number of aromatic carboxylic acids is 1. The zero-order chi connectivity index (χ0) is 12.7. The molecule has 0 aliphatic heterocycles. The van der Waals surface area contributed by atoms with E-state index in [0.29, 0.717) is 25.3 Å². The number of carbonyl (C=O) groups excluding carboxylic acids is 1. The summed E-state index contributed by atoms with van der Waals surface area (Å²) in [5.41, 5.74) is 5.17. The van der Waals surface area contributed by atoms with Crippen LogP contribution in [0.25, 0.3) is 0 Å². The first-order valence-electron chi connectivity index (χ1n) is 5.40. The molecule has 94 valence electrons. The van der Waals surface area contributed by atoms with E-state index in [1.54, 1.807) is 0 Å². The number of carbonyl (C=O) groups is 2. The topological polar surface area (TPSA) is 106 Å². The summed E-state index contributed by atoms with van der Waals surface area (Å²) in [6, 6.07) is 1.42. The van der Waals surface area contributed by atoms with Gasteiger partial charge in [-0.1, -0.05) is 0 Å². The molecule has 1 aromatic heterocycles. The molecule has 1 aromatic rings. The van der Waals surface area contributed by atoms with E-state index in [1.165, 1.54) is 12.3 Å². The van der Waals surface area contributed by atoms with E-state index in [-0.39, 0.29) is 11.5 Å². The Balaban J connectivity index is 2.20. The van der Waals surface area contributed by atoms with Gasteiger partial charge >= 0.3 is 5.97 Å². The molecule has 0 radical (unpaired) electrons. The molecule has 0 bridgehead atoms. The number of furan rings is 1. The molecular weight excluding hydrogens is 224 g/mol. The van der Waals surface area contributed by atoms with Crippen molar-refractivity contribution in [3.05, 3.63) is 23.7 Å². The summed E-state index contributed by atoms with van der Waals surface area (Å²) in [5, 5.41) is 11.9. The minimum Gasteiger partial charge on any atom is -0.478 e. The fraction of sp³-hybridized carbons (Fsp3) is 0.455. The Morgan fingerprint density at radius 2 is 2.18 bits per heavy atom. The number of nitrogens with one attached hydrogen (secondary N) is 1. The molecule has 0 spiro atoms. The predicted molar refractivity (Wildman–Crippen MR) is 60.4 cm³/mol. The van der Waals surface area contributed by atoms with Crippen LogP contribution in [0.1, 0.15) is 35.4 Å². The van der Waals surface area contributed by atoms with Crippen LogP contribution >= 0.6 is 0 Å². The molecule has 17 heavy (non-hydrogen) atoms. The van der Waals surface area contributed by atoms with E-state index in [4.69, 9.17) is 15.3 Å². The number of carboxylic acid groups (broad SMARTS) is 1. The van der Waals surface area contributed by atoms with Gasteiger partial charge in [-0.3, -0.25) is 4.79 Å². The molecule has 0 aromatic carbocycles. The van der Waals surface area contributed by atoms with Gasteiger partial charge in [0.05, 0.1) is 12.8 Å². The lowest BCUT2D eigenvalue weighted by Crippen LogP contribution is -2.17. The quantitative estimate of drug-likeness (QED) is 0.581. The fourth-order valence-electron chi connectivity index (χ4n) is 1.42. The second-order valence-corrected chi connectivity index (χ2v) is 3.66. The van der Waals surface area contributed by atoms with Crippen LogP contribution < -0.4 is 11.1 Å². The van der Waals surface area contributed by atoms with Crippen LogP contribution in [-0.4, -0.2) is 23.5 Å². The van der Waals surface area contributed by atoms with Crippen molar-refractivity contribution in [2.45, 2.75) is 25.8 Å². The highest BCUT2D eigenvalue weighted by Crippen LogP contribution is 2.09. The van der Waals surface area contributed by atoms with Gasteiger partial charge < -0.3 is 20.6 Å². The van der Waals surface area contributed by atoms with Gasteiger partial charge in [0.1, 0.15) is 11.3 Å². The average molecular weight is 240 g/mol. The van der Waals surface area contributed by atoms with Crippen molar-refractivity contribution in [3.8, 4) is 0 Å². The van der Waals surface area contributed by atoms with E-state index < -0.39 is 5.97 Å². The third-order valence-corrected chi connectivity index (χ3v) is 2.29. The number of nitrogens with two attached hydrogens (primary N) is 1. The monoisotopic (exact) mass is 240 g/mol. The maximum atomic E-state index is 10.8. The van der Waals surface area contributed by atoms with Gasteiger partial charge in [-0.05, 0) is 25.5 Å². The Morgan fingerprint density at radius 1 is 1.41 bits per heavy atom. The van der Waals surface area contributed by atoms with Gasteiger partial charge in [-0.15, -0.1) is 0 Å².